The Labute approximate surface area is 174 Å². The van der Waals surface area contributed by atoms with E-state index in [-0.39, 0.29) is 28.8 Å². The molecule has 0 aromatic heterocycles. The summed E-state index contributed by atoms with van der Waals surface area (Å²) in [5.41, 5.74) is 1.12. The van der Waals surface area contributed by atoms with Gasteiger partial charge in [0.25, 0.3) is 0 Å². The van der Waals surface area contributed by atoms with Gasteiger partial charge in [-0.05, 0) is 31.0 Å². The van der Waals surface area contributed by atoms with Crippen LogP contribution in [0.25, 0.3) is 0 Å². The van der Waals surface area contributed by atoms with Crippen LogP contribution in [0.1, 0.15) is 31.4 Å². The predicted molar refractivity (Wildman–Crippen MR) is 110 cm³/mol. The van der Waals surface area contributed by atoms with Gasteiger partial charge in [0.1, 0.15) is 6.04 Å². The summed E-state index contributed by atoms with van der Waals surface area (Å²) in [5.74, 6) is 0.700. The number of carbonyl (C=O) groups is 2. The third kappa shape index (κ3) is 3.90. The number of amides is 2. The summed E-state index contributed by atoms with van der Waals surface area (Å²) in [6.07, 6.45) is 1.36. The normalized spacial score (nSPS) is 29.0. The molecule has 4 rings (SSSR count). The van der Waals surface area contributed by atoms with E-state index in [2.05, 4.69) is 17.1 Å². The van der Waals surface area contributed by atoms with Gasteiger partial charge in [-0.15, -0.1) is 11.8 Å². The number of halogens is 1. The zero-order valence-corrected chi connectivity index (χ0v) is 17.6. The van der Waals surface area contributed by atoms with Crippen molar-refractivity contribution in [2.24, 2.45) is 0 Å². The molecule has 0 bridgehead atoms. The Kier molecular flexibility index (Phi) is 5.88. The lowest BCUT2D eigenvalue weighted by Crippen LogP contribution is -2.52. The number of carbonyl (C=O) groups excluding carboxylic acids is 2. The first-order valence-electron chi connectivity index (χ1n) is 9.79. The fraction of sp³-hybridized carbons (Fsp3) is 0.600. The van der Waals surface area contributed by atoms with E-state index in [0.717, 1.165) is 25.1 Å². The Morgan fingerprint density at radius 1 is 1.36 bits per heavy atom. The van der Waals surface area contributed by atoms with Crippen molar-refractivity contribution in [3.63, 3.8) is 0 Å². The first kappa shape index (κ1) is 20.0. The van der Waals surface area contributed by atoms with Crippen LogP contribution in [0.5, 0.6) is 0 Å². The Morgan fingerprint density at radius 3 is 2.79 bits per heavy atom. The maximum Gasteiger partial charge on any atom is 0.243 e. The van der Waals surface area contributed by atoms with Crippen LogP contribution in [0.3, 0.4) is 0 Å². The fourth-order valence-corrected chi connectivity index (χ4v) is 5.92. The van der Waals surface area contributed by atoms with Crippen molar-refractivity contribution in [2.75, 3.05) is 38.6 Å². The Bertz CT molecular complexity index is 741. The molecule has 2 amide bonds. The molecule has 6 nitrogen and oxygen atoms in total. The fourth-order valence-electron chi connectivity index (χ4n) is 4.36. The second kappa shape index (κ2) is 8.22. The first-order chi connectivity index (χ1) is 13.5. The van der Waals surface area contributed by atoms with Gasteiger partial charge in [0.2, 0.25) is 11.8 Å². The lowest BCUT2D eigenvalue weighted by molar-refractivity contribution is -0.138. The Morgan fingerprint density at radius 2 is 2.07 bits per heavy atom. The molecule has 28 heavy (non-hydrogen) atoms. The van der Waals surface area contributed by atoms with Crippen LogP contribution in [0.4, 0.5) is 0 Å². The quantitative estimate of drug-likeness (QED) is 0.787. The topological polar surface area (TPSA) is 61.9 Å². The van der Waals surface area contributed by atoms with Crippen LogP contribution in [0, 0.1) is 0 Å². The number of morpholine rings is 1. The minimum absolute atomic E-state index is 0.0554. The molecule has 1 aromatic rings. The average Bonchev–Trinajstić information content (AvgIpc) is 3.20. The summed E-state index contributed by atoms with van der Waals surface area (Å²) in [4.78, 5) is 29.2. The van der Waals surface area contributed by atoms with Crippen LogP contribution in [-0.2, 0) is 14.3 Å². The van der Waals surface area contributed by atoms with Crippen molar-refractivity contribution < 1.29 is 14.3 Å². The largest absolute Gasteiger partial charge is 0.379 e. The monoisotopic (exact) mass is 423 g/mol. The molecule has 0 spiro atoms. The average molecular weight is 424 g/mol. The lowest BCUT2D eigenvalue weighted by Gasteiger charge is -2.35. The van der Waals surface area contributed by atoms with Crippen molar-refractivity contribution in [1.82, 2.24) is 15.1 Å². The number of benzene rings is 1. The van der Waals surface area contributed by atoms with Crippen LogP contribution < -0.4 is 5.32 Å². The lowest BCUT2D eigenvalue weighted by atomic mass is 10.0. The summed E-state index contributed by atoms with van der Waals surface area (Å²) >= 11 is 7.77. The summed E-state index contributed by atoms with van der Waals surface area (Å²) < 4.78 is 5.48. The highest BCUT2D eigenvalue weighted by atomic mass is 35.5. The Balaban J connectivity index is 1.45. The van der Waals surface area contributed by atoms with Crippen molar-refractivity contribution in [1.29, 1.82) is 0 Å². The second-order valence-corrected chi connectivity index (χ2v) is 9.66. The Hall–Kier alpha value is -1.28. The molecule has 3 heterocycles. The van der Waals surface area contributed by atoms with Crippen molar-refractivity contribution >= 4 is 35.2 Å². The molecule has 8 heteroatoms. The number of fused-ring (bicyclic) bond motifs is 1. The molecule has 1 aromatic carbocycles. The van der Waals surface area contributed by atoms with E-state index in [1.165, 1.54) is 0 Å². The van der Waals surface area contributed by atoms with Gasteiger partial charge in [0, 0.05) is 36.8 Å². The summed E-state index contributed by atoms with van der Waals surface area (Å²) in [6.45, 7) is 5.60. The molecule has 0 saturated carbocycles. The van der Waals surface area contributed by atoms with Gasteiger partial charge in [0.05, 0.1) is 24.1 Å². The molecule has 0 radical (unpaired) electrons. The summed E-state index contributed by atoms with van der Waals surface area (Å²) in [6, 6.07) is 7.48. The van der Waals surface area contributed by atoms with E-state index in [9.17, 15) is 9.59 Å². The van der Waals surface area contributed by atoms with Gasteiger partial charge in [-0.1, -0.05) is 23.7 Å². The second-order valence-electron chi connectivity index (χ2n) is 7.73. The van der Waals surface area contributed by atoms with Crippen LogP contribution in [0.2, 0.25) is 5.02 Å². The molecule has 0 aliphatic carbocycles. The van der Waals surface area contributed by atoms with Crippen LogP contribution in [0.15, 0.2) is 24.3 Å². The van der Waals surface area contributed by atoms with Gasteiger partial charge in [0.15, 0.2) is 0 Å². The van der Waals surface area contributed by atoms with E-state index >= 15 is 0 Å². The molecule has 3 saturated heterocycles. The van der Waals surface area contributed by atoms with Gasteiger partial charge >= 0.3 is 0 Å². The SMILES string of the molecule is CC12CCC(=O)N1C(C(=O)NCC(c1ccc(Cl)cc1)N1CCOCC1)CS2. The zero-order chi connectivity index (χ0) is 19.7. The molecule has 3 aliphatic heterocycles. The molecular formula is C20H26ClN3O3S. The first-order valence-corrected chi connectivity index (χ1v) is 11.2. The van der Waals surface area contributed by atoms with Gasteiger partial charge in [-0.2, -0.15) is 0 Å². The van der Waals surface area contributed by atoms with Crippen molar-refractivity contribution in [3.8, 4) is 0 Å². The summed E-state index contributed by atoms with van der Waals surface area (Å²) in [7, 11) is 0. The van der Waals surface area contributed by atoms with E-state index in [1.54, 1.807) is 16.7 Å². The third-order valence-corrected chi connectivity index (χ3v) is 7.72. The highest BCUT2D eigenvalue weighted by Gasteiger charge is 2.52. The van der Waals surface area contributed by atoms with Gasteiger partial charge < -0.3 is 15.0 Å². The third-order valence-electron chi connectivity index (χ3n) is 5.96. The molecule has 3 atom stereocenters. The number of thioether (sulfide) groups is 1. The highest BCUT2D eigenvalue weighted by molar-refractivity contribution is 8.01. The zero-order valence-electron chi connectivity index (χ0n) is 16.0. The predicted octanol–water partition coefficient (Wildman–Crippen LogP) is 2.28. The molecule has 152 valence electrons. The molecule has 3 aliphatic rings. The van der Waals surface area contributed by atoms with Gasteiger partial charge in [-0.3, -0.25) is 14.5 Å². The number of hydrogen-bond acceptors (Lipinski definition) is 5. The number of nitrogens with zero attached hydrogens (tertiary/aromatic N) is 2. The van der Waals surface area contributed by atoms with E-state index in [1.807, 2.05) is 24.3 Å². The maximum absolute atomic E-state index is 13.0. The number of ether oxygens (including phenoxy) is 1. The molecule has 1 N–H and O–H groups in total. The maximum atomic E-state index is 13.0. The smallest absolute Gasteiger partial charge is 0.243 e. The van der Waals surface area contributed by atoms with Crippen LogP contribution >= 0.6 is 23.4 Å². The van der Waals surface area contributed by atoms with E-state index in [4.69, 9.17) is 16.3 Å². The molecule has 3 unspecified atom stereocenters. The van der Waals surface area contributed by atoms with E-state index in [0.29, 0.717) is 37.0 Å². The number of hydrogen-bond donors (Lipinski definition) is 1. The van der Waals surface area contributed by atoms with Gasteiger partial charge in [-0.25, -0.2) is 0 Å². The minimum Gasteiger partial charge on any atom is -0.379 e. The highest BCUT2D eigenvalue weighted by Crippen LogP contribution is 2.47. The molecule has 3 fully saturated rings. The van der Waals surface area contributed by atoms with Crippen molar-refractivity contribution in [2.45, 2.75) is 36.7 Å². The standard InChI is InChI=1S/C20H26ClN3O3S/c1-20-7-6-18(25)24(20)17(13-28-20)19(26)22-12-16(23-8-10-27-11-9-23)14-2-4-15(21)5-3-14/h2-5,16-17H,6-13H2,1H3,(H,22,26). The number of nitrogens with one attached hydrogen (secondary N) is 1. The number of rotatable bonds is 5. The van der Waals surface area contributed by atoms with E-state index < -0.39 is 0 Å². The molecular weight excluding hydrogens is 398 g/mol. The summed E-state index contributed by atoms with van der Waals surface area (Å²) in [5, 5.41) is 3.82. The van der Waals surface area contributed by atoms with Crippen LogP contribution in [-0.4, -0.2) is 71.1 Å². The van der Waals surface area contributed by atoms with Crippen molar-refractivity contribution in [3.05, 3.63) is 34.9 Å². The minimum atomic E-state index is -0.374.